The first kappa shape index (κ1) is 9.87. The molecule has 3 heteroatoms. The maximum absolute atomic E-state index is 4.53. The van der Waals surface area contributed by atoms with Gasteiger partial charge in [-0.25, -0.2) is 4.98 Å². The third-order valence-corrected chi connectivity index (χ3v) is 3.93. The van der Waals surface area contributed by atoms with Crippen molar-refractivity contribution >= 4 is 27.3 Å². The molecule has 0 unspecified atom stereocenters. The van der Waals surface area contributed by atoms with Crippen molar-refractivity contribution in [3.63, 3.8) is 0 Å². The summed E-state index contributed by atoms with van der Waals surface area (Å²) in [6.07, 6.45) is 0. The van der Waals surface area contributed by atoms with Crippen LogP contribution in [0.25, 0.3) is 10.6 Å². The predicted molar refractivity (Wildman–Crippen MR) is 64.7 cm³/mol. The van der Waals surface area contributed by atoms with Crippen molar-refractivity contribution in [1.29, 1.82) is 0 Å². The number of rotatable bonds is 1. The van der Waals surface area contributed by atoms with Crippen LogP contribution in [-0.2, 0) is 0 Å². The molecule has 0 saturated carbocycles. The Morgan fingerprint density at radius 2 is 1.93 bits per heavy atom. The van der Waals surface area contributed by atoms with Crippen molar-refractivity contribution in [2.75, 3.05) is 0 Å². The second-order valence-corrected chi connectivity index (χ2v) is 5.20. The van der Waals surface area contributed by atoms with Gasteiger partial charge < -0.3 is 0 Å². The highest BCUT2D eigenvalue weighted by molar-refractivity contribution is 9.10. The number of benzene rings is 1. The van der Waals surface area contributed by atoms with Crippen LogP contribution in [0.1, 0.15) is 10.6 Å². The molecule has 0 radical (unpaired) electrons. The Bertz CT molecular complexity index is 443. The monoisotopic (exact) mass is 267 g/mol. The second kappa shape index (κ2) is 3.83. The molecule has 2 aromatic rings. The standard InChI is InChI=1S/C11H10BrNS/c1-7-8(2)14-11(13-7)9-5-3-4-6-10(9)12/h3-6H,1-2H3. The molecule has 14 heavy (non-hydrogen) atoms. The smallest absolute Gasteiger partial charge is 0.124 e. The molecule has 1 aromatic heterocycles. The van der Waals surface area contributed by atoms with Crippen LogP contribution in [0.5, 0.6) is 0 Å². The van der Waals surface area contributed by atoms with Crippen LogP contribution in [-0.4, -0.2) is 4.98 Å². The van der Waals surface area contributed by atoms with Crippen molar-refractivity contribution in [2.24, 2.45) is 0 Å². The SMILES string of the molecule is Cc1nc(-c2ccccc2Br)sc1C. The Balaban J connectivity index is 2.55. The van der Waals surface area contributed by atoms with Crippen LogP contribution < -0.4 is 0 Å². The van der Waals surface area contributed by atoms with Gasteiger partial charge in [-0.15, -0.1) is 11.3 Å². The molecule has 0 aliphatic rings. The van der Waals surface area contributed by atoms with E-state index in [-0.39, 0.29) is 0 Å². The molecule has 1 aromatic carbocycles. The third-order valence-electron chi connectivity index (χ3n) is 2.13. The third kappa shape index (κ3) is 1.74. The minimum absolute atomic E-state index is 1.09. The molecular weight excluding hydrogens is 258 g/mol. The molecule has 0 amide bonds. The average Bonchev–Trinajstić information content (AvgIpc) is 2.48. The Morgan fingerprint density at radius 3 is 2.50 bits per heavy atom. The van der Waals surface area contributed by atoms with Gasteiger partial charge in [0.1, 0.15) is 5.01 Å². The fourth-order valence-corrected chi connectivity index (χ4v) is 2.78. The van der Waals surface area contributed by atoms with E-state index in [1.54, 1.807) is 11.3 Å². The van der Waals surface area contributed by atoms with Crippen molar-refractivity contribution in [2.45, 2.75) is 13.8 Å². The van der Waals surface area contributed by atoms with Crippen LogP contribution in [0.4, 0.5) is 0 Å². The molecular formula is C11H10BrNS. The molecule has 1 heterocycles. The van der Waals surface area contributed by atoms with Gasteiger partial charge >= 0.3 is 0 Å². The van der Waals surface area contributed by atoms with Gasteiger partial charge in [0, 0.05) is 14.9 Å². The van der Waals surface area contributed by atoms with Crippen LogP contribution in [0, 0.1) is 13.8 Å². The molecule has 0 fully saturated rings. The summed E-state index contributed by atoms with van der Waals surface area (Å²) >= 11 is 5.27. The lowest BCUT2D eigenvalue weighted by atomic mass is 10.2. The largest absolute Gasteiger partial charge is 0.241 e. The minimum Gasteiger partial charge on any atom is -0.241 e. The molecule has 2 rings (SSSR count). The van der Waals surface area contributed by atoms with Gasteiger partial charge in [-0.1, -0.05) is 34.1 Å². The lowest BCUT2D eigenvalue weighted by molar-refractivity contribution is 1.23. The maximum Gasteiger partial charge on any atom is 0.124 e. The van der Waals surface area contributed by atoms with E-state index in [1.165, 1.54) is 10.4 Å². The summed E-state index contributed by atoms with van der Waals surface area (Å²) in [5.74, 6) is 0. The van der Waals surface area contributed by atoms with Gasteiger partial charge in [0.2, 0.25) is 0 Å². The topological polar surface area (TPSA) is 12.9 Å². The number of aryl methyl sites for hydroxylation is 2. The number of halogens is 1. The number of hydrogen-bond acceptors (Lipinski definition) is 2. The first-order chi connectivity index (χ1) is 6.68. The Kier molecular flexibility index (Phi) is 2.70. The molecule has 0 spiro atoms. The lowest BCUT2D eigenvalue weighted by Crippen LogP contribution is -1.78. The minimum atomic E-state index is 1.09. The predicted octanol–water partition coefficient (Wildman–Crippen LogP) is 4.19. The van der Waals surface area contributed by atoms with Crippen molar-refractivity contribution < 1.29 is 0 Å². The van der Waals surface area contributed by atoms with Gasteiger partial charge in [-0.3, -0.25) is 0 Å². The summed E-state index contributed by atoms with van der Waals surface area (Å²) < 4.78 is 1.11. The van der Waals surface area contributed by atoms with Crippen LogP contribution in [0.2, 0.25) is 0 Å². The number of aromatic nitrogens is 1. The zero-order valence-corrected chi connectivity index (χ0v) is 10.4. The first-order valence-corrected chi connectivity index (χ1v) is 5.98. The average molecular weight is 268 g/mol. The van der Waals surface area contributed by atoms with E-state index >= 15 is 0 Å². The van der Waals surface area contributed by atoms with Gasteiger partial charge in [0.05, 0.1) is 5.69 Å². The number of thiazole rings is 1. The highest BCUT2D eigenvalue weighted by Crippen LogP contribution is 2.32. The second-order valence-electron chi connectivity index (χ2n) is 3.14. The van der Waals surface area contributed by atoms with Crippen LogP contribution >= 0.6 is 27.3 Å². The molecule has 0 atom stereocenters. The Morgan fingerprint density at radius 1 is 1.21 bits per heavy atom. The van der Waals surface area contributed by atoms with Gasteiger partial charge in [-0.2, -0.15) is 0 Å². The summed E-state index contributed by atoms with van der Waals surface area (Å²) in [7, 11) is 0. The van der Waals surface area contributed by atoms with E-state index < -0.39 is 0 Å². The first-order valence-electron chi connectivity index (χ1n) is 4.37. The fourth-order valence-electron chi connectivity index (χ4n) is 1.22. The van der Waals surface area contributed by atoms with E-state index in [2.05, 4.69) is 33.9 Å². The van der Waals surface area contributed by atoms with E-state index in [9.17, 15) is 0 Å². The molecule has 72 valence electrons. The van der Waals surface area contributed by atoms with Crippen molar-refractivity contribution in [3.8, 4) is 10.6 Å². The van der Waals surface area contributed by atoms with E-state index in [1.807, 2.05) is 25.1 Å². The quantitative estimate of drug-likeness (QED) is 0.755. The molecule has 0 N–H and O–H groups in total. The van der Waals surface area contributed by atoms with Gasteiger partial charge in [0.25, 0.3) is 0 Å². The van der Waals surface area contributed by atoms with Crippen molar-refractivity contribution in [3.05, 3.63) is 39.3 Å². The summed E-state index contributed by atoms with van der Waals surface area (Å²) in [5, 5.41) is 1.09. The zero-order valence-electron chi connectivity index (χ0n) is 8.04. The summed E-state index contributed by atoms with van der Waals surface area (Å²) in [6, 6.07) is 8.18. The molecule has 0 aliphatic heterocycles. The molecule has 1 nitrogen and oxygen atoms in total. The maximum atomic E-state index is 4.53. The highest BCUT2D eigenvalue weighted by Gasteiger charge is 2.08. The molecule has 0 aliphatic carbocycles. The number of nitrogens with zero attached hydrogens (tertiary/aromatic N) is 1. The summed E-state index contributed by atoms with van der Waals surface area (Å²) in [6.45, 7) is 4.15. The molecule has 0 bridgehead atoms. The highest BCUT2D eigenvalue weighted by atomic mass is 79.9. The van der Waals surface area contributed by atoms with Gasteiger partial charge in [0.15, 0.2) is 0 Å². The normalized spacial score (nSPS) is 10.5. The number of hydrogen-bond donors (Lipinski definition) is 0. The molecule has 0 saturated heterocycles. The van der Waals surface area contributed by atoms with Gasteiger partial charge in [-0.05, 0) is 19.9 Å². The van der Waals surface area contributed by atoms with E-state index in [0.29, 0.717) is 0 Å². The van der Waals surface area contributed by atoms with Crippen LogP contribution in [0.3, 0.4) is 0 Å². The van der Waals surface area contributed by atoms with Crippen LogP contribution in [0.15, 0.2) is 28.7 Å². The Labute approximate surface area is 95.9 Å². The fraction of sp³-hybridized carbons (Fsp3) is 0.182. The van der Waals surface area contributed by atoms with Crippen molar-refractivity contribution in [1.82, 2.24) is 4.98 Å². The zero-order chi connectivity index (χ0) is 10.1. The Hall–Kier alpha value is -0.670. The van der Waals surface area contributed by atoms with E-state index in [0.717, 1.165) is 15.2 Å². The lowest BCUT2D eigenvalue weighted by Gasteiger charge is -1.98. The summed E-state index contributed by atoms with van der Waals surface area (Å²) in [5.41, 5.74) is 2.30. The summed E-state index contributed by atoms with van der Waals surface area (Å²) in [4.78, 5) is 5.82. The van der Waals surface area contributed by atoms with E-state index in [4.69, 9.17) is 0 Å².